The lowest BCUT2D eigenvalue weighted by molar-refractivity contribution is -0.113. The van der Waals surface area contributed by atoms with Gasteiger partial charge in [0.05, 0.1) is 12.7 Å². The lowest BCUT2D eigenvalue weighted by Crippen LogP contribution is -2.31. The van der Waals surface area contributed by atoms with E-state index in [1.807, 2.05) is 38.1 Å². The number of aromatic hydroxyl groups is 1. The van der Waals surface area contributed by atoms with Gasteiger partial charge >= 0.3 is 0 Å². The number of methoxy groups -OCH3 is 1. The predicted molar refractivity (Wildman–Crippen MR) is 109 cm³/mol. The molecule has 29 heavy (non-hydrogen) atoms. The second kappa shape index (κ2) is 7.31. The molecule has 0 aliphatic carbocycles. The number of aryl methyl sites for hydroxylation is 1. The molecule has 0 saturated carbocycles. The van der Waals surface area contributed by atoms with Crippen LogP contribution in [0.3, 0.4) is 0 Å². The zero-order valence-electron chi connectivity index (χ0n) is 16.3. The second-order valence-electron chi connectivity index (χ2n) is 6.85. The molecular formula is C21H21N5O3. The second-order valence-corrected chi connectivity index (χ2v) is 6.85. The predicted octanol–water partition coefficient (Wildman–Crippen LogP) is 3.23. The molecule has 0 bridgehead atoms. The number of hydrogen-bond donors (Lipinski definition) is 3. The quantitative estimate of drug-likeness (QED) is 0.631. The molecule has 1 amide bonds. The summed E-state index contributed by atoms with van der Waals surface area (Å²) in [7, 11) is 1.48. The van der Waals surface area contributed by atoms with Gasteiger partial charge in [0.2, 0.25) is 5.95 Å². The fourth-order valence-corrected chi connectivity index (χ4v) is 3.48. The Bertz CT molecular complexity index is 1120. The highest BCUT2D eigenvalue weighted by molar-refractivity contribution is 6.06. The molecule has 0 saturated heterocycles. The van der Waals surface area contributed by atoms with Crippen LogP contribution in [0.25, 0.3) is 0 Å². The molecule has 3 aromatic rings. The molecular weight excluding hydrogens is 370 g/mol. The summed E-state index contributed by atoms with van der Waals surface area (Å²) >= 11 is 0. The van der Waals surface area contributed by atoms with Gasteiger partial charge < -0.3 is 20.5 Å². The molecule has 3 N–H and O–H groups in total. The van der Waals surface area contributed by atoms with E-state index >= 15 is 0 Å². The molecule has 0 fully saturated rings. The van der Waals surface area contributed by atoms with Crippen molar-refractivity contribution in [3.63, 3.8) is 0 Å². The number of amides is 1. The van der Waals surface area contributed by atoms with Crippen LogP contribution in [0.5, 0.6) is 11.5 Å². The van der Waals surface area contributed by atoms with Gasteiger partial charge in [0.1, 0.15) is 12.4 Å². The molecule has 4 rings (SSSR count). The van der Waals surface area contributed by atoms with Crippen LogP contribution in [-0.4, -0.2) is 32.9 Å². The first-order valence-electron chi connectivity index (χ1n) is 9.10. The van der Waals surface area contributed by atoms with Gasteiger partial charge in [0.25, 0.3) is 5.91 Å². The van der Waals surface area contributed by atoms with Gasteiger partial charge in [-0.1, -0.05) is 18.2 Å². The van der Waals surface area contributed by atoms with Crippen molar-refractivity contribution >= 4 is 17.5 Å². The molecule has 148 valence electrons. The average molecular weight is 391 g/mol. The summed E-state index contributed by atoms with van der Waals surface area (Å²) in [6, 6.07) is 12.1. The minimum absolute atomic E-state index is 0.0236. The molecule has 2 heterocycles. The number of ether oxygens (including phenoxy) is 1. The van der Waals surface area contributed by atoms with Gasteiger partial charge in [-0.3, -0.25) is 4.79 Å². The van der Waals surface area contributed by atoms with Gasteiger partial charge in [-0.05, 0) is 49.2 Å². The van der Waals surface area contributed by atoms with Crippen molar-refractivity contribution in [2.45, 2.75) is 19.9 Å². The first-order valence-corrected chi connectivity index (χ1v) is 9.10. The van der Waals surface area contributed by atoms with Gasteiger partial charge in [0, 0.05) is 11.4 Å². The summed E-state index contributed by atoms with van der Waals surface area (Å²) in [5, 5.41) is 20.4. The Morgan fingerprint density at radius 3 is 2.83 bits per heavy atom. The molecule has 0 spiro atoms. The number of carbonyl (C=O) groups excluding carboxylic acids is 1. The van der Waals surface area contributed by atoms with Crippen LogP contribution in [0.15, 0.2) is 60.1 Å². The SMILES string of the molecule is COc1cc(C2C(C(=O)Nc3cccc(C)c3)=C(C)Nc3ncnn32)ccc1O. The third kappa shape index (κ3) is 3.40. The average Bonchev–Trinajstić information content (AvgIpc) is 3.15. The number of nitrogens with one attached hydrogen (secondary N) is 2. The first-order chi connectivity index (χ1) is 14.0. The van der Waals surface area contributed by atoms with Crippen molar-refractivity contribution in [1.29, 1.82) is 0 Å². The lowest BCUT2D eigenvalue weighted by atomic mass is 9.94. The van der Waals surface area contributed by atoms with Gasteiger partial charge in [0.15, 0.2) is 11.5 Å². The lowest BCUT2D eigenvalue weighted by Gasteiger charge is -2.29. The molecule has 8 nitrogen and oxygen atoms in total. The minimum atomic E-state index is -0.534. The van der Waals surface area contributed by atoms with Crippen LogP contribution < -0.4 is 15.4 Å². The molecule has 1 aromatic heterocycles. The maximum atomic E-state index is 13.3. The summed E-state index contributed by atoms with van der Waals surface area (Å²) in [5.41, 5.74) is 3.67. The normalized spacial score (nSPS) is 15.5. The largest absolute Gasteiger partial charge is 0.504 e. The summed E-state index contributed by atoms with van der Waals surface area (Å²) in [6.07, 6.45) is 1.43. The molecule has 1 aliphatic heterocycles. The number of phenols is 1. The molecule has 1 aliphatic rings. The van der Waals surface area contributed by atoms with Gasteiger partial charge in [-0.15, -0.1) is 0 Å². The van der Waals surface area contributed by atoms with Crippen molar-refractivity contribution in [2.75, 3.05) is 17.7 Å². The standard InChI is InChI=1S/C21H21N5O3/c1-12-5-4-6-15(9-12)25-20(28)18-13(2)24-21-22-11-23-26(21)19(18)14-7-8-16(27)17(10-14)29-3/h4-11,19,27H,1-3H3,(H,25,28)(H,22,23,24). The highest BCUT2D eigenvalue weighted by atomic mass is 16.5. The van der Waals surface area contributed by atoms with E-state index < -0.39 is 6.04 Å². The minimum Gasteiger partial charge on any atom is -0.504 e. The zero-order chi connectivity index (χ0) is 20.5. The van der Waals surface area contributed by atoms with Crippen LogP contribution in [0.2, 0.25) is 0 Å². The van der Waals surface area contributed by atoms with Gasteiger partial charge in [-0.2, -0.15) is 10.1 Å². The van der Waals surface area contributed by atoms with E-state index in [0.29, 0.717) is 28.7 Å². The number of rotatable bonds is 4. The monoisotopic (exact) mass is 391 g/mol. The molecule has 0 radical (unpaired) electrons. The Morgan fingerprint density at radius 2 is 2.07 bits per heavy atom. The fraction of sp³-hybridized carbons (Fsp3) is 0.190. The van der Waals surface area contributed by atoms with Crippen molar-refractivity contribution < 1.29 is 14.6 Å². The third-order valence-corrected chi connectivity index (χ3v) is 4.83. The third-order valence-electron chi connectivity index (χ3n) is 4.83. The van der Waals surface area contributed by atoms with E-state index in [1.54, 1.807) is 16.8 Å². The number of benzene rings is 2. The van der Waals surface area contributed by atoms with Crippen molar-refractivity contribution in [2.24, 2.45) is 0 Å². The number of nitrogens with zero attached hydrogens (tertiary/aromatic N) is 3. The van der Waals surface area contributed by atoms with Crippen molar-refractivity contribution in [3.8, 4) is 11.5 Å². The van der Waals surface area contributed by atoms with Crippen LogP contribution in [0.4, 0.5) is 11.6 Å². The van der Waals surface area contributed by atoms with Crippen LogP contribution in [-0.2, 0) is 4.79 Å². The number of fused-ring (bicyclic) bond motifs is 1. The summed E-state index contributed by atoms with van der Waals surface area (Å²) < 4.78 is 6.89. The Balaban J connectivity index is 1.78. The Hall–Kier alpha value is -3.81. The van der Waals surface area contributed by atoms with Crippen LogP contribution in [0.1, 0.15) is 24.1 Å². The highest BCUT2D eigenvalue weighted by Gasteiger charge is 2.33. The number of anilines is 2. The van der Waals surface area contributed by atoms with E-state index in [9.17, 15) is 9.90 Å². The Labute approximate surface area is 167 Å². The molecule has 8 heteroatoms. The summed E-state index contributed by atoms with van der Waals surface area (Å²) in [4.78, 5) is 17.5. The van der Waals surface area contributed by atoms with E-state index in [4.69, 9.17) is 4.74 Å². The molecule has 2 aromatic carbocycles. The number of allylic oxidation sites excluding steroid dienone is 1. The van der Waals surface area contributed by atoms with Crippen LogP contribution in [0, 0.1) is 6.92 Å². The van der Waals surface area contributed by atoms with E-state index in [2.05, 4.69) is 20.7 Å². The highest BCUT2D eigenvalue weighted by Crippen LogP contribution is 2.38. The van der Waals surface area contributed by atoms with Crippen molar-refractivity contribution in [1.82, 2.24) is 14.8 Å². The summed E-state index contributed by atoms with van der Waals surface area (Å²) in [5.74, 6) is 0.625. The van der Waals surface area contributed by atoms with E-state index in [0.717, 1.165) is 11.1 Å². The zero-order valence-corrected chi connectivity index (χ0v) is 16.3. The maximum absolute atomic E-state index is 13.3. The van der Waals surface area contributed by atoms with E-state index in [-0.39, 0.29) is 11.7 Å². The number of phenolic OH excluding ortho intramolecular Hbond substituents is 1. The number of aromatic nitrogens is 3. The maximum Gasteiger partial charge on any atom is 0.255 e. The smallest absolute Gasteiger partial charge is 0.255 e. The van der Waals surface area contributed by atoms with Crippen LogP contribution >= 0.6 is 0 Å². The van der Waals surface area contributed by atoms with E-state index in [1.165, 1.54) is 19.5 Å². The number of hydrogen-bond acceptors (Lipinski definition) is 6. The molecule has 1 unspecified atom stereocenters. The summed E-state index contributed by atoms with van der Waals surface area (Å²) in [6.45, 7) is 3.80. The Kier molecular flexibility index (Phi) is 4.67. The number of carbonyl (C=O) groups is 1. The van der Waals surface area contributed by atoms with Crippen molar-refractivity contribution in [3.05, 3.63) is 71.2 Å². The van der Waals surface area contributed by atoms with Gasteiger partial charge in [-0.25, -0.2) is 4.68 Å². The first kappa shape index (κ1) is 18.5. The fourth-order valence-electron chi connectivity index (χ4n) is 3.48. The molecule has 1 atom stereocenters. The Morgan fingerprint density at radius 1 is 1.24 bits per heavy atom. The topological polar surface area (TPSA) is 101 Å².